The van der Waals surface area contributed by atoms with Crippen molar-refractivity contribution in [1.82, 2.24) is 4.98 Å². The van der Waals surface area contributed by atoms with Crippen LogP contribution in [-0.4, -0.2) is 11.5 Å². The monoisotopic (exact) mass is 201 g/mol. The first-order chi connectivity index (χ1) is 7.34. The lowest BCUT2D eigenvalue weighted by Gasteiger charge is -2.06. The predicted octanol–water partition coefficient (Wildman–Crippen LogP) is 1.81. The van der Waals surface area contributed by atoms with E-state index in [0.717, 1.165) is 23.5 Å². The molecule has 0 fully saturated rings. The molecule has 15 heavy (non-hydrogen) atoms. The zero-order chi connectivity index (χ0) is 10.3. The normalized spacial score (nSPS) is 18.5. The fourth-order valence-corrected chi connectivity index (χ4v) is 1.99. The average molecular weight is 201 g/mol. The van der Waals surface area contributed by atoms with Crippen molar-refractivity contribution in [2.75, 3.05) is 17.6 Å². The minimum atomic E-state index is 0.301. The number of pyridine rings is 1. The largest absolute Gasteiger partial charge is 0.472 e. The summed E-state index contributed by atoms with van der Waals surface area (Å²) >= 11 is 0. The highest BCUT2D eigenvalue weighted by Crippen LogP contribution is 2.35. The van der Waals surface area contributed by atoms with E-state index < -0.39 is 0 Å². The maximum Gasteiger partial charge on any atom is 0.130 e. The molecular formula is C11H11N3O. The van der Waals surface area contributed by atoms with Crippen LogP contribution in [0.3, 0.4) is 0 Å². The van der Waals surface area contributed by atoms with E-state index in [4.69, 9.17) is 10.2 Å². The molecule has 3 heterocycles. The van der Waals surface area contributed by atoms with Crippen molar-refractivity contribution >= 4 is 11.5 Å². The van der Waals surface area contributed by atoms with Crippen molar-refractivity contribution in [3.63, 3.8) is 0 Å². The Balaban J connectivity index is 2.08. The van der Waals surface area contributed by atoms with Crippen molar-refractivity contribution in [2.45, 2.75) is 5.92 Å². The second kappa shape index (κ2) is 3.02. The molecule has 3 N–H and O–H groups in total. The average Bonchev–Trinajstić information content (AvgIpc) is 2.83. The highest BCUT2D eigenvalue weighted by Gasteiger charge is 2.25. The van der Waals surface area contributed by atoms with Crippen molar-refractivity contribution < 1.29 is 4.42 Å². The molecule has 0 bridgehead atoms. The van der Waals surface area contributed by atoms with Gasteiger partial charge >= 0.3 is 0 Å². The summed E-state index contributed by atoms with van der Waals surface area (Å²) in [6.07, 6.45) is 5.13. The van der Waals surface area contributed by atoms with Gasteiger partial charge in [0, 0.05) is 18.0 Å². The first kappa shape index (κ1) is 8.35. The number of furan rings is 1. The summed E-state index contributed by atoms with van der Waals surface area (Å²) < 4.78 is 5.09. The minimum Gasteiger partial charge on any atom is -0.472 e. The van der Waals surface area contributed by atoms with E-state index in [0.29, 0.717) is 11.6 Å². The number of nitrogens with one attached hydrogen (secondary N) is 1. The van der Waals surface area contributed by atoms with E-state index in [1.807, 2.05) is 12.1 Å². The van der Waals surface area contributed by atoms with Crippen LogP contribution in [0.2, 0.25) is 0 Å². The van der Waals surface area contributed by atoms with Crippen LogP contribution in [0.5, 0.6) is 0 Å². The molecule has 4 heteroatoms. The minimum absolute atomic E-state index is 0.301. The molecule has 0 radical (unpaired) electrons. The molecular weight excluding hydrogens is 190 g/mol. The van der Waals surface area contributed by atoms with Crippen LogP contribution >= 0.6 is 0 Å². The van der Waals surface area contributed by atoms with Crippen LogP contribution in [0.25, 0.3) is 0 Å². The fraction of sp³-hybridized carbons (Fsp3) is 0.182. The number of aromatic nitrogens is 1. The molecule has 0 spiro atoms. The van der Waals surface area contributed by atoms with Crippen molar-refractivity contribution in [2.24, 2.45) is 0 Å². The van der Waals surface area contributed by atoms with Crippen LogP contribution in [0, 0.1) is 0 Å². The molecule has 0 amide bonds. The summed E-state index contributed by atoms with van der Waals surface area (Å²) in [5, 5.41) is 3.26. The Morgan fingerprint density at radius 3 is 3.27 bits per heavy atom. The lowest BCUT2D eigenvalue weighted by molar-refractivity contribution is 0.562. The molecule has 2 aromatic rings. The van der Waals surface area contributed by atoms with Gasteiger partial charge in [0.2, 0.25) is 0 Å². The zero-order valence-corrected chi connectivity index (χ0v) is 8.10. The lowest BCUT2D eigenvalue weighted by Crippen LogP contribution is -2.02. The molecule has 76 valence electrons. The topological polar surface area (TPSA) is 64.1 Å². The Morgan fingerprint density at radius 1 is 1.53 bits per heavy atom. The lowest BCUT2D eigenvalue weighted by atomic mass is 9.97. The number of anilines is 2. The van der Waals surface area contributed by atoms with Gasteiger partial charge in [-0.1, -0.05) is 0 Å². The Morgan fingerprint density at radius 2 is 2.47 bits per heavy atom. The summed E-state index contributed by atoms with van der Waals surface area (Å²) in [6, 6.07) is 3.95. The third kappa shape index (κ3) is 1.26. The van der Waals surface area contributed by atoms with Gasteiger partial charge in [-0.25, -0.2) is 4.98 Å². The summed E-state index contributed by atoms with van der Waals surface area (Å²) in [5.41, 5.74) is 8.74. The van der Waals surface area contributed by atoms with Gasteiger partial charge in [-0.15, -0.1) is 0 Å². The Bertz CT molecular complexity index is 479. The van der Waals surface area contributed by atoms with Gasteiger partial charge in [0.15, 0.2) is 0 Å². The summed E-state index contributed by atoms with van der Waals surface area (Å²) in [5.74, 6) is 1.23. The Labute approximate surface area is 87.1 Å². The molecule has 1 unspecified atom stereocenters. The number of rotatable bonds is 1. The van der Waals surface area contributed by atoms with Gasteiger partial charge in [-0.2, -0.15) is 0 Å². The molecule has 3 rings (SSSR count). The fourth-order valence-electron chi connectivity index (χ4n) is 1.99. The molecule has 2 aromatic heterocycles. The highest BCUT2D eigenvalue weighted by atomic mass is 16.3. The van der Waals surface area contributed by atoms with Crippen LogP contribution in [-0.2, 0) is 0 Å². The Kier molecular flexibility index (Phi) is 1.68. The zero-order valence-electron chi connectivity index (χ0n) is 8.10. The van der Waals surface area contributed by atoms with Gasteiger partial charge in [-0.05, 0) is 17.7 Å². The van der Waals surface area contributed by atoms with E-state index in [2.05, 4.69) is 10.3 Å². The quantitative estimate of drug-likeness (QED) is 0.738. The van der Waals surface area contributed by atoms with Gasteiger partial charge in [-0.3, -0.25) is 0 Å². The van der Waals surface area contributed by atoms with E-state index >= 15 is 0 Å². The summed E-state index contributed by atoms with van der Waals surface area (Å²) in [4.78, 5) is 4.25. The molecule has 4 nitrogen and oxygen atoms in total. The molecule has 0 saturated heterocycles. The third-order valence-electron chi connectivity index (χ3n) is 2.73. The number of nitrogen functional groups attached to an aromatic ring is 1. The maximum atomic E-state index is 5.73. The van der Waals surface area contributed by atoms with Gasteiger partial charge in [0.25, 0.3) is 0 Å². The maximum absolute atomic E-state index is 5.73. The second-order valence-corrected chi connectivity index (χ2v) is 3.70. The molecule has 1 atom stereocenters. The van der Waals surface area contributed by atoms with Crippen LogP contribution in [0.1, 0.15) is 17.0 Å². The Hall–Kier alpha value is -1.97. The second-order valence-electron chi connectivity index (χ2n) is 3.70. The first-order valence-electron chi connectivity index (χ1n) is 4.86. The molecule has 0 aromatic carbocycles. The SMILES string of the molecule is Nc1cnc2c(c1)C(c1ccoc1)CN2. The van der Waals surface area contributed by atoms with E-state index in [1.165, 1.54) is 0 Å². The van der Waals surface area contributed by atoms with Crippen LogP contribution in [0.4, 0.5) is 11.5 Å². The number of hydrogen-bond donors (Lipinski definition) is 2. The number of nitrogens with two attached hydrogens (primary N) is 1. The van der Waals surface area contributed by atoms with Crippen molar-refractivity contribution in [1.29, 1.82) is 0 Å². The summed E-state index contributed by atoms with van der Waals surface area (Å²) in [7, 11) is 0. The van der Waals surface area contributed by atoms with E-state index in [-0.39, 0.29) is 0 Å². The molecule has 0 aliphatic carbocycles. The number of fused-ring (bicyclic) bond motifs is 1. The van der Waals surface area contributed by atoms with Crippen molar-refractivity contribution in [3.8, 4) is 0 Å². The van der Waals surface area contributed by atoms with Crippen LogP contribution < -0.4 is 11.1 Å². The number of hydrogen-bond acceptors (Lipinski definition) is 4. The predicted molar refractivity (Wildman–Crippen MR) is 57.7 cm³/mol. The van der Waals surface area contributed by atoms with E-state index in [9.17, 15) is 0 Å². The highest BCUT2D eigenvalue weighted by molar-refractivity contribution is 5.59. The van der Waals surface area contributed by atoms with E-state index in [1.54, 1.807) is 18.7 Å². The van der Waals surface area contributed by atoms with Gasteiger partial charge < -0.3 is 15.5 Å². The van der Waals surface area contributed by atoms with Gasteiger partial charge in [0.05, 0.1) is 24.4 Å². The standard InChI is InChI=1S/C11H11N3O/c12-8-3-9-10(7-1-2-15-6-7)5-14-11(9)13-4-8/h1-4,6,10H,5,12H2,(H,13,14). The first-order valence-corrected chi connectivity index (χ1v) is 4.86. The number of nitrogens with zero attached hydrogens (tertiary/aromatic N) is 1. The molecule has 1 aliphatic heterocycles. The smallest absolute Gasteiger partial charge is 0.130 e. The van der Waals surface area contributed by atoms with Crippen LogP contribution in [0.15, 0.2) is 35.3 Å². The van der Waals surface area contributed by atoms with Gasteiger partial charge in [0.1, 0.15) is 5.82 Å². The molecule has 1 aliphatic rings. The summed E-state index contributed by atoms with van der Waals surface area (Å²) in [6.45, 7) is 0.852. The molecule has 0 saturated carbocycles. The third-order valence-corrected chi connectivity index (χ3v) is 2.73. The van der Waals surface area contributed by atoms with Crippen molar-refractivity contribution in [3.05, 3.63) is 42.0 Å².